The molecule has 200 valence electrons. The van der Waals surface area contributed by atoms with Crippen molar-refractivity contribution in [3.8, 4) is 0 Å². The Kier molecular flexibility index (Phi) is 11.0. The van der Waals surface area contributed by atoms with Crippen molar-refractivity contribution < 1.29 is 23.9 Å². The minimum atomic E-state index is -0.583. The number of hydrogen-bond donors (Lipinski definition) is 2. The van der Waals surface area contributed by atoms with Crippen LogP contribution in [0.15, 0.2) is 24.3 Å². The Morgan fingerprint density at radius 1 is 1.08 bits per heavy atom. The van der Waals surface area contributed by atoms with Gasteiger partial charge in [0, 0.05) is 12.6 Å². The van der Waals surface area contributed by atoms with Crippen molar-refractivity contribution in [2.24, 2.45) is 5.92 Å². The monoisotopic (exact) mass is 500 g/mol. The highest BCUT2D eigenvalue weighted by Gasteiger charge is 2.41. The van der Waals surface area contributed by atoms with E-state index in [1.807, 2.05) is 12.1 Å². The van der Waals surface area contributed by atoms with Crippen LogP contribution >= 0.6 is 0 Å². The SMILES string of the molecule is Cc1cc(C=CC(=O)NOC(C)OCC(C)C)ccc1CNC1(C(=O)OC2CCCC2)CCCCC1. The zero-order chi connectivity index (χ0) is 26.0. The summed E-state index contributed by atoms with van der Waals surface area (Å²) in [6, 6.07) is 6.07. The van der Waals surface area contributed by atoms with E-state index in [2.05, 4.69) is 37.6 Å². The maximum Gasteiger partial charge on any atom is 0.326 e. The van der Waals surface area contributed by atoms with Crippen LogP contribution < -0.4 is 10.8 Å². The molecule has 0 radical (unpaired) electrons. The minimum absolute atomic E-state index is 0.0662. The first-order valence-corrected chi connectivity index (χ1v) is 13.6. The maximum absolute atomic E-state index is 13.2. The number of carbonyl (C=O) groups is 2. The highest BCUT2D eigenvalue weighted by Crippen LogP contribution is 2.32. The van der Waals surface area contributed by atoms with Crippen molar-refractivity contribution in [3.05, 3.63) is 41.0 Å². The fourth-order valence-corrected chi connectivity index (χ4v) is 4.87. The predicted molar refractivity (Wildman–Crippen MR) is 141 cm³/mol. The van der Waals surface area contributed by atoms with E-state index in [0.717, 1.165) is 68.1 Å². The second-order valence-corrected chi connectivity index (χ2v) is 10.7. The summed E-state index contributed by atoms with van der Waals surface area (Å²) in [5, 5.41) is 3.60. The average Bonchev–Trinajstić information content (AvgIpc) is 3.38. The molecule has 0 heterocycles. The van der Waals surface area contributed by atoms with Gasteiger partial charge in [0.05, 0.1) is 6.61 Å². The Labute approximate surface area is 216 Å². The number of aryl methyl sites for hydroxylation is 1. The molecule has 36 heavy (non-hydrogen) atoms. The molecular formula is C29H44N2O5. The van der Waals surface area contributed by atoms with Gasteiger partial charge in [-0.3, -0.25) is 14.9 Å². The molecule has 1 unspecified atom stereocenters. The van der Waals surface area contributed by atoms with Crippen molar-refractivity contribution in [1.29, 1.82) is 0 Å². The Morgan fingerprint density at radius 3 is 2.47 bits per heavy atom. The lowest BCUT2D eigenvalue weighted by molar-refractivity contribution is -0.180. The Bertz CT molecular complexity index is 886. The number of rotatable bonds is 12. The van der Waals surface area contributed by atoms with Gasteiger partial charge in [0.2, 0.25) is 0 Å². The quantitative estimate of drug-likeness (QED) is 0.174. The summed E-state index contributed by atoms with van der Waals surface area (Å²) in [6.07, 6.45) is 12.0. The second-order valence-electron chi connectivity index (χ2n) is 10.7. The molecular weight excluding hydrogens is 456 g/mol. The molecule has 0 spiro atoms. The first-order chi connectivity index (χ1) is 17.3. The molecule has 2 fully saturated rings. The van der Waals surface area contributed by atoms with Gasteiger partial charge in [-0.05, 0) is 81.1 Å². The second kappa shape index (κ2) is 13.9. The minimum Gasteiger partial charge on any atom is -0.461 e. The van der Waals surface area contributed by atoms with Gasteiger partial charge in [-0.15, -0.1) is 0 Å². The summed E-state index contributed by atoms with van der Waals surface area (Å²) in [6.45, 7) is 9.07. The van der Waals surface area contributed by atoms with E-state index < -0.39 is 11.8 Å². The Hall–Kier alpha value is -2.22. The van der Waals surface area contributed by atoms with Gasteiger partial charge in [0.1, 0.15) is 11.6 Å². The number of amides is 1. The summed E-state index contributed by atoms with van der Waals surface area (Å²) < 4.78 is 11.4. The van der Waals surface area contributed by atoms with Crippen molar-refractivity contribution in [2.45, 2.75) is 110 Å². The fraction of sp³-hybridized carbons (Fsp3) is 0.655. The molecule has 2 N–H and O–H groups in total. The van der Waals surface area contributed by atoms with Crippen molar-refractivity contribution in [1.82, 2.24) is 10.8 Å². The number of hydroxylamine groups is 1. The molecule has 1 amide bonds. The van der Waals surface area contributed by atoms with Gasteiger partial charge in [-0.2, -0.15) is 0 Å². The molecule has 2 aliphatic rings. The predicted octanol–water partition coefficient (Wildman–Crippen LogP) is 5.35. The van der Waals surface area contributed by atoms with E-state index in [4.69, 9.17) is 14.3 Å². The van der Waals surface area contributed by atoms with Crippen LogP contribution in [0.4, 0.5) is 0 Å². The van der Waals surface area contributed by atoms with E-state index >= 15 is 0 Å². The fourth-order valence-electron chi connectivity index (χ4n) is 4.87. The van der Waals surface area contributed by atoms with E-state index in [-0.39, 0.29) is 18.0 Å². The summed E-state index contributed by atoms with van der Waals surface area (Å²) in [5.41, 5.74) is 4.97. The van der Waals surface area contributed by atoms with Gasteiger partial charge in [-0.25, -0.2) is 10.3 Å². The number of hydrogen-bond acceptors (Lipinski definition) is 6. The molecule has 7 heteroatoms. The lowest BCUT2D eigenvalue weighted by Crippen LogP contribution is -2.54. The summed E-state index contributed by atoms with van der Waals surface area (Å²) in [4.78, 5) is 30.5. The standard InChI is InChI=1S/C29H44N2O5/c1-21(2)20-34-23(4)36-31-27(32)15-13-24-12-14-25(22(3)18-24)19-30-29(16-8-5-9-17-29)28(33)35-26-10-6-7-11-26/h12-15,18,21,23,26,30H,5-11,16-17,19-20H2,1-4H3,(H,31,32). The zero-order valence-corrected chi connectivity index (χ0v) is 22.4. The lowest BCUT2D eigenvalue weighted by atomic mass is 9.81. The van der Waals surface area contributed by atoms with Crippen LogP contribution in [0.3, 0.4) is 0 Å². The van der Waals surface area contributed by atoms with E-state index in [0.29, 0.717) is 19.1 Å². The molecule has 0 bridgehead atoms. The lowest BCUT2D eigenvalue weighted by Gasteiger charge is -2.37. The Balaban J connectivity index is 1.53. The molecule has 1 aromatic carbocycles. The maximum atomic E-state index is 13.2. The van der Waals surface area contributed by atoms with Gasteiger partial charge in [0.15, 0.2) is 6.29 Å². The largest absolute Gasteiger partial charge is 0.461 e. The molecule has 7 nitrogen and oxygen atoms in total. The molecule has 0 aliphatic heterocycles. The molecule has 1 atom stereocenters. The van der Waals surface area contributed by atoms with Crippen LogP contribution in [0, 0.1) is 12.8 Å². The third-order valence-electron chi connectivity index (χ3n) is 7.07. The van der Waals surface area contributed by atoms with Crippen LogP contribution in [0.25, 0.3) is 6.08 Å². The third-order valence-corrected chi connectivity index (χ3v) is 7.07. The van der Waals surface area contributed by atoms with Gasteiger partial charge in [0.25, 0.3) is 5.91 Å². The summed E-state index contributed by atoms with van der Waals surface area (Å²) >= 11 is 0. The number of ether oxygens (including phenoxy) is 2. The van der Waals surface area contributed by atoms with Crippen molar-refractivity contribution >= 4 is 18.0 Å². The van der Waals surface area contributed by atoms with E-state index in [9.17, 15) is 9.59 Å². The third kappa shape index (κ3) is 8.71. The van der Waals surface area contributed by atoms with Crippen LogP contribution in [0.2, 0.25) is 0 Å². The highest BCUT2D eigenvalue weighted by atomic mass is 16.8. The number of nitrogens with one attached hydrogen (secondary N) is 2. The van der Waals surface area contributed by atoms with Crippen LogP contribution in [0.1, 0.15) is 95.2 Å². The van der Waals surface area contributed by atoms with E-state index in [1.54, 1.807) is 13.0 Å². The summed E-state index contributed by atoms with van der Waals surface area (Å²) in [5.74, 6) is -0.0196. The molecule has 0 saturated heterocycles. The van der Waals surface area contributed by atoms with Crippen LogP contribution in [-0.2, 0) is 30.4 Å². The highest BCUT2D eigenvalue weighted by molar-refractivity contribution is 5.91. The van der Waals surface area contributed by atoms with Gasteiger partial charge < -0.3 is 9.47 Å². The number of benzene rings is 1. The van der Waals surface area contributed by atoms with Gasteiger partial charge in [-0.1, -0.05) is 51.3 Å². The Morgan fingerprint density at radius 2 is 1.81 bits per heavy atom. The summed E-state index contributed by atoms with van der Waals surface area (Å²) in [7, 11) is 0. The molecule has 2 aliphatic carbocycles. The normalized spacial score (nSPS) is 19.0. The van der Waals surface area contributed by atoms with Crippen molar-refractivity contribution in [2.75, 3.05) is 6.61 Å². The first kappa shape index (κ1) is 28.4. The van der Waals surface area contributed by atoms with Crippen LogP contribution in [0.5, 0.6) is 0 Å². The first-order valence-electron chi connectivity index (χ1n) is 13.6. The average molecular weight is 501 g/mol. The van der Waals surface area contributed by atoms with Crippen LogP contribution in [-0.4, -0.2) is 36.4 Å². The molecule has 2 saturated carbocycles. The zero-order valence-electron chi connectivity index (χ0n) is 22.4. The smallest absolute Gasteiger partial charge is 0.326 e. The number of carbonyl (C=O) groups excluding carboxylic acids is 2. The topological polar surface area (TPSA) is 85.9 Å². The van der Waals surface area contributed by atoms with E-state index in [1.165, 1.54) is 12.5 Å². The molecule has 3 rings (SSSR count). The number of esters is 1. The van der Waals surface area contributed by atoms with Gasteiger partial charge >= 0.3 is 5.97 Å². The van der Waals surface area contributed by atoms with Crippen molar-refractivity contribution in [3.63, 3.8) is 0 Å². The molecule has 0 aromatic heterocycles. The molecule has 1 aromatic rings.